The van der Waals surface area contributed by atoms with Crippen LogP contribution in [0.1, 0.15) is 15.9 Å². The lowest BCUT2D eigenvalue weighted by Crippen LogP contribution is -2.09. The number of methoxy groups -OCH3 is 1. The molecule has 2 rings (SSSR count). The third kappa shape index (κ3) is 2.73. The second-order valence-electron chi connectivity index (χ2n) is 3.72. The Bertz CT molecular complexity index is 538. The third-order valence-electron chi connectivity index (χ3n) is 2.61. The zero-order valence-corrected chi connectivity index (χ0v) is 11.1. The van der Waals surface area contributed by atoms with Gasteiger partial charge < -0.3 is 4.74 Å². The zero-order chi connectivity index (χ0) is 13.0. The van der Waals surface area contributed by atoms with Crippen molar-refractivity contribution in [3.63, 3.8) is 0 Å². The summed E-state index contributed by atoms with van der Waals surface area (Å²) in [6.45, 7) is 0.561. The number of benzene rings is 1. The minimum absolute atomic E-state index is 0.315. The van der Waals surface area contributed by atoms with Crippen molar-refractivity contribution in [1.29, 1.82) is 0 Å². The Balaban J connectivity index is 2.37. The van der Waals surface area contributed by atoms with E-state index in [9.17, 15) is 4.79 Å². The van der Waals surface area contributed by atoms with Gasteiger partial charge in [-0.1, -0.05) is 0 Å². The van der Waals surface area contributed by atoms with Crippen LogP contribution >= 0.6 is 11.8 Å². The van der Waals surface area contributed by atoms with Gasteiger partial charge in [-0.05, 0) is 36.1 Å². The Morgan fingerprint density at radius 1 is 1.50 bits per heavy atom. The number of aromatic nitrogens is 2. The number of esters is 1. The lowest BCUT2D eigenvalue weighted by Gasteiger charge is -2.09. The van der Waals surface area contributed by atoms with Gasteiger partial charge in [0.25, 0.3) is 0 Å². The molecule has 0 aliphatic rings. The van der Waals surface area contributed by atoms with Crippen molar-refractivity contribution in [3.8, 4) is 0 Å². The quantitative estimate of drug-likeness (QED) is 0.627. The highest BCUT2D eigenvalue weighted by Crippen LogP contribution is 2.21. The van der Waals surface area contributed by atoms with Gasteiger partial charge in [-0.25, -0.2) is 4.79 Å². The summed E-state index contributed by atoms with van der Waals surface area (Å²) in [6.07, 6.45) is 5.59. The molecule has 0 aliphatic carbocycles. The van der Waals surface area contributed by atoms with Gasteiger partial charge in [0.1, 0.15) is 0 Å². The number of nitrogens with zero attached hydrogens (tertiary/aromatic N) is 2. The first-order chi connectivity index (χ1) is 8.74. The Morgan fingerprint density at radius 3 is 2.94 bits per heavy atom. The first kappa shape index (κ1) is 12.7. The molecule has 0 N–H and O–H groups in total. The van der Waals surface area contributed by atoms with E-state index in [1.165, 1.54) is 7.11 Å². The van der Waals surface area contributed by atoms with E-state index in [1.54, 1.807) is 28.7 Å². The van der Waals surface area contributed by atoms with E-state index in [1.807, 2.05) is 30.7 Å². The molecule has 1 aromatic carbocycles. The van der Waals surface area contributed by atoms with Gasteiger partial charge in [-0.3, -0.25) is 4.68 Å². The summed E-state index contributed by atoms with van der Waals surface area (Å²) >= 11 is 1.64. The molecular formula is C13H14N2O2S. The number of carbonyl (C=O) groups excluding carboxylic acids is 1. The van der Waals surface area contributed by atoms with Gasteiger partial charge in [0.05, 0.1) is 19.2 Å². The number of thioether (sulfide) groups is 1. The van der Waals surface area contributed by atoms with E-state index >= 15 is 0 Å². The van der Waals surface area contributed by atoms with Gasteiger partial charge in [-0.15, -0.1) is 11.8 Å². The highest BCUT2D eigenvalue weighted by molar-refractivity contribution is 7.98. The molecule has 1 heterocycles. The van der Waals surface area contributed by atoms with Crippen LogP contribution in [0, 0.1) is 0 Å². The highest BCUT2D eigenvalue weighted by Gasteiger charge is 2.12. The average Bonchev–Trinajstić information content (AvgIpc) is 2.90. The number of hydrogen-bond donors (Lipinski definition) is 0. The summed E-state index contributed by atoms with van der Waals surface area (Å²) in [5.74, 6) is -0.315. The van der Waals surface area contributed by atoms with E-state index in [2.05, 4.69) is 5.10 Å². The SMILES string of the molecule is COC(=O)c1ccc(SC)cc1Cn1cccn1. The van der Waals surface area contributed by atoms with Crippen molar-refractivity contribution in [1.82, 2.24) is 9.78 Å². The largest absolute Gasteiger partial charge is 0.465 e. The normalized spacial score (nSPS) is 10.3. The van der Waals surface area contributed by atoms with Crippen molar-refractivity contribution in [2.75, 3.05) is 13.4 Å². The number of hydrogen-bond acceptors (Lipinski definition) is 4. The van der Waals surface area contributed by atoms with Gasteiger partial charge in [0, 0.05) is 17.3 Å². The lowest BCUT2D eigenvalue weighted by atomic mass is 10.1. The van der Waals surface area contributed by atoms with Crippen molar-refractivity contribution in [2.24, 2.45) is 0 Å². The number of carbonyl (C=O) groups is 1. The van der Waals surface area contributed by atoms with E-state index < -0.39 is 0 Å². The van der Waals surface area contributed by atoms with Crippen molar-refractivity contribution in [3.05, 3.63) is 47.8 Å². The van der Waals surface area contributed by atoms with Crippen LogP contribution in [0.15, 0.2) is 41.6 Å². The molecule has 0 radical (unpaired) electrons. The Hall–Kier alpha value is -1.75. The maximum absolute atomic E-state index is 11.7. The molecule has 4 nitrogen and oxygen atoms in total. The van der Waals surface area contributed by atoms with Crippen LogP contribution in [0.3, 0.4) is 0 Å². The van der Waals surface area contributed by atoms with Gasteiger partial charge >= 0.3 is 5.97 Å². The van der Waals surface area contributed by atoms with Crippen LogP contribution in [0.2, 0.25) is 0 Å². The predicted octanol–water partition coefficient (Wildman–Crippen LogP) is 2.44. The van der Waals surface area contributed by atoms with E-state index in [4.69, 9.17) is 4.74 Å². The standard InChI is InChI=1S/C13H14N2O2S/c1-17-13(16)12-5-4-11(18-2)8-10(12)9-15-7-3-6-14-15/h3-8H,9H2,1-2H3. The smallest absolute Gasteiger partial charge is 0.338 e. The van der Waals surface area contributed by atoms with Crippen LogP contribution in [0.4, 0.5) is 0 Å². The second kappa shape index (κ2) is 5.73. The summed E-state index contributed by atoms with van der Waals surface area (Å²) in [7, 11) is 1.39. The van der Waals surface area contributed by atoms with Crippen molar-refractivity contribution in [2.45, 2.75) is 11.4 Å². The number of ether oxygens (including phenoxy) is 1. The Labute approximate surface area is 110 Å². The average molecular weight is 262 g/mol. The molecule has 0 unspecified atom stereocenters. The molecule has 1 aromatic heterocycles. The lowest BCUT2D eigenvalue weighted by molar-refractivity contribution is 0.0599. The predicted molar refractivity (Wildman–Crippen MR) is 70.9 cm³/mol. The minimum Gasteiger partial charge on any atom is -0.465 e. The van der Waals surface area contributed by atoms with Crippen LogP contribution in [0.25, 0.3) is 0 Å². The minimum atomic E-state index is -0.315. The van der Waals surface area contributed by atoms with Crippen molar-refractivity contribution >= 4 is 17.7 Å². The summed E-state index contributed by atoms with van der Waals surface area (Å²) < 4.78 is 6.58. The first-order valence-electron chi connectivity index (χ1n) is 5.47. The summed E-state index contributed by atoms with van der Waals surface area (Å²) in [5, 5.41) is 4.15. The fourth-order valence-corrected chi connectivity index (χ4v) is 2.17. The molecule has 94 valence electrons. The van der Waals surface area contributed by atoms with Gasteiger partial charge in [0.2, 0.25) is 0 Å². The van der Waals surface area contributed by atoms with Crippen LogP contribution in [0.5, 0.6) is 0 Å². The first-order valence-corrected chi connectivity index (χ1v) is 6.69. The molecule has 0 spiro atoms. The molecule has 0 saturated carbocycles. The zero-order valence-electron chi connectivity index (χ0n) is 10.3. The molecule has 0 aliphatic heterocycles. The Kier molecular flexibility index (Phi) is 4.04. The number of rotatable bonds is 4. The van der Waals surface area contributed by atoms with E-state index in [0.29, 0.717) is 12.1 Å². The molecule has 0 atom stereocenters. The van der Waals surface area contributed by atoms with Gasteiger partial charge in [-0.2, -0.15) is 5.10 Å². The fourth-order valence-electron chi connectivity index (χ4n) is 1.71. The maximum Gasteiger partial charge on any atom is 0.338 e. The summed E-state index contributed by atoms with van der Waals surface area (Å²) in [5.41, 5.74) is 1.50. The van der Waals surface area contributed by atoms with Crippen LogP contribution < -0.4 is 0 Å². The Morgan fingerprint density at radius 2 is 2.33 bits per heavy atom. The molecule has 0 bridgehead atoms. The summed E-state index contributed by atoms with van der Waals surface area (Å²) in [4.78, 5) is 12.8. The van der Waals surface area contributed by atoms with E-state index in [0.717, 1.165) is 10.5 Å². The topological polar surface area (TPSA) is 44.1 Å². The molecule has 0 amide bonds. The third-order valence-corrected chi connectivity index (χ3v) is 3.33. The molecule has 0 saturated heterocycles. The monoisotopic (exact) mass is 262 g/mol. The molecule has 5 heteroatoms. The molecular weight excluding hydrogens is 248 g/mol. The van der Waals surface area contributed by atoms with Crippen LogP contribution in [-0.2, 0) is 11.3 Å². The molecule has 2 aromatic rings. The fraction of sp³-hybridized carbons (Fsp3) is 0.231. The maximum atomic E-state index is 11.7. The van der Waals surface area contributed by atoms with Gasteiger partial charge in [0.15, 0.2) is 0 Å². The summed E-state index contributed by atoms with van der Waals surface area (Å²) in [6, 6.07) is 7.58. The highest BCUT2D eigenvalue weighted by atomic mass is 32.2. The second-order valence-corrected chi connectivity index (χ2v) is 4.60. The van der Waals surface area contributed by atoms with Crippen molar-refractivity contribution < 1.29 is 9.53 Å². The molecule has 0 fully saturated rings. The van der Waals surface area contributed by atoms with E-state index in [-0.39, 0.29) is 5.97 Å². The van der Waals surface area contributed by atoms with Crippen LogP contribution in [-0.4, -0.2) is 29.1 Å². The molecule has 18 heavy (non-hydrogen) atoms.